The maximum atomic E-state index is 3.47. The SMILES string of the molecule is CCNCCCNCc1cccc(N(C)C)c1. The van der Waals surface area contributed by atoms with Gasteiger partial charge in [0.1, 0.15) is 0 Å². The maximum absolute atomic E-state index is 3.47. The van der Waals surface area contributed by atoms with Gasteiger partial charge in [-0.3, -0.25) is 0 Å². The minimum absolute atomic E-state index is 0.952. The molecule has 0 saturated heterocycles. The number of hydrogen-bond donors (Lipinski definition) is 2. The molecule has 0 aliphatic heterocycles. The molecule has 3 nitrogen and oxygen atoms in total. The fraction of sp³-hybridized carbons (Fsp3) is 0.571. The summed E-state index contributed by atoms with van der Waals surface area (Å²) in [7, 11) is 4.14. The minimum atomic E-state index is 0.952. The van der Waals surface area contributed by atoms with Gasteiger partial charge in [-0.1, -0.05) is 19.1 Å². The lowest BCUT2D eigenvalue weighted by Gasteiger charge is -2.13. The van der Waals surface area contributed by atoms with Gasteiger partial charge in [-0.15, -0.1) is 0 Å². The van der Waals surface area contributed by atoms with E-state index >= 15 is 0 Å². The van der Waals surface area contributed by atoms with Crippen LogP contribution in [0.1, 0.15) is 18.9 Å². The molecule has 0 aliphatic carbocycles. The molecule has 0 amide bonds. The zero-order chi connectivity index (χ0) is 12.5. The Hall–Kier alpha value is -1.06. The average molecular weight is 235 g/mol. The monoisotopic (exact) mass is 235 g/mol. The molecule has 1 aromatic carbocycles. The Morgan fingerprint density at radius 1 is 1.12 bits per heavy atom. The van der Waals surface area contributed by atoms with Crippen LogP contribution in [0.2, 0.25) is 0 Å². The van der Waals surface area contributed by atoms with E-state index in [9.17, 15) is 0 Å². The van der Waals surface area contributed by atoms with Crippen LogP contribution in [0.3, 0.4) is 0 Å². The molecule has 0 radical (unpaired) electrons. The Bertz CT molecular complexity index is 310. The molecule has 0 heterocycles. The zero-order valence-corrected chi connectivity index (χ0v) is 11.3. The predicted molar refractivity (Wildman–Crippen MR) is 75.6 cm³/mol. The molecule has 0 aliphatic rings. The molecule has 1 rings (SSSR count). The van der Waals surface area contributed by atoms with Crippen molar-refractivity contribution in [3.05, 3.63) is 29.8 Å². The highest BCUT2D eigenvalue weighted by atomic mass is 15.1. The van der Waals surface area contributed by atoms with Gasteiger partial charge in [0, 0.05) is 26.3 Å². The number of hydrogen-bond acceptors (Lipinski definition) is 3. The van der Waals surface area contributed by atoms with Crippen LogP contribution in [0.25, 0.3) is 0 Å². The molecule has 1 aromatic rings. The summed E-state index contributed by atoms with van der Waals surface area (Å²) < 4.78 is 0. The van der Waals surface area contributed by atoms with E-state index in [1.54, 1.807) is 0 Å². The normalized spacial score (nSPS) is 10.5. The lowest BCUT2D eigenvalue weighted by Crippen LogP contribution is -2.21. The third-order valence-corrected chi connectivity index (χ3v) is 2.71. The van der Waals surface area contributed by atoms with E-state index in [0.29, 0.717) is 0 Å². The largest absolute Gasteiger partial charge is 0.378 e. The molecule has 0 fully saturated rings. The Morgan fingerprint density at radius 2 is 1.88 bits per heavy atom. The molecule has 96 valence electrons. The molecule has 0 bridgehead atoms. The Balaban J connectivity index is 2.24. The lowest BCUT2D eigenvalue weighted by atomic mass is 10.2. The standard InChI is InChI=1S/C14H25N3/c1-4-15-9-6-10-16-12-13-7-5-8-14(11-13)17(2)3/h5,7-8,11,15-16H,4,6,9-10,12H2,1-3H3. The summed E-state index contributed by atoms with van der Waals surface area (Å²) in [6, 6.07) is 8.65. The molecule has 0 aromatic heterocycles. The first-order chi connectivity index (χ1) is 8.24. The van der Waals surface area contributed by atoms with Crippen LogP contribution in [-0.2, 0) is 6.54 Å². The zero-order valence-electron chi connectivity index (χ0n) is 11.3. The van der Waals surface area contributed by atoms with Gasteiger partial charge in [-0.05, 0) is 43.8 Å². The van der Waals surface area contributed by atoms with E-state index in [1.807, 2.05) is 0 Å². The molecule has 0 saturated carbocycles. The van der Waals surface area contributed by atoms with Crippen LogP contribution in [0.5, 0.6) is 0 Å². The number of benzene rings is 1. The van der Waals surface area contributed by atoms with Crippen molar-refractivity contribution in [1.29, 1.82) is 0 Å². The van der Waals surface area contributed by atoms with Gasteiger partial charge in [-0.25, -0.2) is 0 Å². The van der Waals surface area contributed by atoms with Gasteiger partial charge < -0.3 is 15.5 Å². The Morgan fingerprint density at radius 3 is 2.59 bits per heavy atom. The second-order valence-corrected chi connectivity index (χ2v) is 4.45. The van der Waals surface area contributed by atoms with E-state index < -0.39 is 0 Å². The third kappa shape index (κ3) is 5.71. The summed E-state index contributed by atoms with van der Waals surface area (Å²) >= 11 is 0. The topological polar surface area (TPSA) is 27.3 Å². The average Bonchev–Trinajstić information content (AvgIpc) is 2.34. The molecule has 0 spiro atoms. The molecule has 0 atom stereocenters. The fourth-order valence-electron chi connectivity index (χ4n) is 1.69. The molecule has 0 unspecified atom stereocenters. The first-order valence-electron chi connectivity index (χ1n) is 6.41. The molecule has 3 heteroatoms. The third-order valence-electron chi connectivity index (χ3n) is 2.71. The van der Waals surface area contributed by atoms with Gasteiger partial charge in [-0.2, -0.15) is 0 Å². The van der Waals surface area contributed by atoms with Crippen LogP contribution in [0, 0.1) is 0 Å². The van der Waals surface area contributed by atoms with Crippen LogP contribution >= 0.6 is 0 Å². The van der Waals surface area contributed by atoms with E-state index in [0.717, 1.165) is 26.2 Å². The molecule has 17 heavy (non-hydrogen) atoms. The van der Waals surface area contributed by atoms with E-state index in [2.05, 4.69) is 60.8 Å². The first kappa shape index (κ1) is 14.0. The number of anilines is 1. The van der Waals surface area contributed by atoms with Crippen molar-refractivity contribution in [2.45, 2.75) is 19.9 Å². The maximum Gasteiger partial charge on any atom is 0.0364 e. The van der Waals surface area contributed by atoms with Crippen molar-refractivity contribution >= 4 is 5.69 Å². The lowest BCUT2D eigenvalue weighted by molar-refractivity contribution is 0.606. The van der Waals surface area contributed by atoms with Gasteiger partial charge in [0.2, 0.25) is 0 Å². The molecule has 2 N–H and O–H groups in total. The van der Waals surface area contributed by atoms with Crippen LogP contribution in [-0.4, -0.2) is 33.7 Å². The summed E-state index contributed by atoms with van der Waals surface area (Å²) in [4.78, 5) is 2.13. The Kier molecular flexibility index (Phi) is 6.67. The van der Waals surface area contributed by atoms with Gasteiger partial charge in [0.15, 0.2) is 0 Å². The van der Waals surface area contributed by atoms with E-state index in [4.69, 9.17) is 0 Å². The predicted octanol–water partition coefficient (Wildman–Crippen LogP) is 1.84. The van der Waals surface area contributed by atoms with E-state index in [1.165, 1.54) is 17.7 Å². The van der Waals surface area contributed by atoms with Crippen molar-refractivity contribution in [3.63, 3.8) is 0 Å². The van der Waals surface area contributed by atoms with Gasteiger partial charge in [0.05, 0.1) is 0 Å². The van der Waals surface area contributed by atoms with Gasteiger partial charge in [0.25, 0.3) is 0 Å². The highest BCUT2D eigenvalue weighted by Crippen LogP contribution is 2.12. The van der Waals surface area contributed by atoms with Crippen molar-refractivity contribution in [3.8, 4) is 0 Å². The summed E-state index contributed by atoms with van der Waals surface area (Å²) in [6.07, 6.45) is 1.18. The first-order valence-corrected chi connectivity index (χ1v) is 6.41. The highest BCUT2D eigenvalue weighted by Gasteiger charge is 1.97. The second kappa shape index (κ2) is 8.09. The number of nitrogens with one attached hydrogen (secondary N) is 2. The highest BCUT2D eigenvalue weighted by molar-refractivity contribution is 5.47. The van der Waals surface area contributed by atoms with Crippen molar-refractivity contribution in [2.75, 3.05) is 38.6 Å². The smallest absolute Gasteiger partial charge is 0.0364 e. The summed E-state index contributed by atoms with van der Waals surface area (Å²) in [6.45, 7) is 6.32. The molecular formula is C14H25N3. The second-order valence-electron chi connectivity index (χ2n) is 4.45. The van der Waals surface area contributed by atoms with Gasteiger partial charge >= 0.3 is 0 Å². The van der Waals surface area contributed by atoms with Crippen molar-refractivity contribution in [1.82, 2.24) is 10.6 Å². The summed E-state index contributed by atoms with van der Waals surface area (Å²) in [5.41, 5.74) is 2.61. The quantitative estimate of drug-likeness (QED) is 0.673. The summed E-state index contributed by atoms with van der Waals surface area (Å²) in [5.74, 6) is 0. The minimum Gasteiger partial charge on any atom is -0.378 e. The van der Waals surface area contributed by atoms with Crippen molar-refractivity contribution in [2.24, 2.45) is 0 Å². The van der Waals surface area contributed by atoms with Crippen LogP contribution < -0.4 is 15.5 Å². The van der Waals surface area contributed by atoms with E-state index in [-0.39, 0.29) is 0 Å². The van der Waals surface area contributed by atoms with Crippen LogP contribution in [0.4, 0.5) is 5.69 Å². The fourth-order valence-corrected chi connectivity index (χ4v) is 1.69. The number of nitrogens with zero attached hydrogens (tertiary/aromatic N) is 1. The summed E-state index contributed by atoms with van der Waals surface area (Å²) in [5, 5.41) is 6.79. The van der Waals surface area contributed by atoms with Crippen molar-refractivity contribution < 1.29 is 0 Å². The van der Waals surface area contributed by atoms with Crippen LogP contribution in [0.15, 0.2) is 24.3 Å². The number of rotatable bonds is 8. The Labute approximate surface area is 105 Å². The molecular weight excluding hydrogens is 210 g/mol.